The number of aromatic nitrogens is 3. The number of halogens is 3. The average Bonchev–Trinajstić information content (AvgIpc) is 3.26. The molecule has 0 saturated carbocycles. The number of carbonyl (C=O) groups is 1. The van der Waals surface area contributed by atoms with E-state index in [1.807, 2.05) is 44.2 Å². The third-order valence-electron chi connectivity index (χ3n) is 5.28. The molecule has 0 radical (unpaired) electrons. The van der Waals surface area contributed by atoms with E-state index in [1.165, 1.54) is 16.8 Å². The zero-order valence-electron chi connectivity index (χ0n) is 19.8. The maximum Gasteiger partial charge on any atom is 0.416 e. The fourth-order valence-corrected chi connectivity index (χ4v) is 3.54. The monoisotopic (exact) mass is 494 g/mol. The van der Waals surface area contributed by atoms with Crippen LogP contribution in [0.25, 0.3) is 17.1 Å². The number of rotatable bonds is 8. The molecule has 36 heavy (non-hydrogen) atoms. The molecule has 4 rings (SSSR count). The van der Waals surface area contributed by atoms with Crippen molar-refractivity contribution < 1.29 is 22.7 Å². The Hall–Kier alpha value is -4.14. The van der Waals surface area contributed by atoms with E-state index < -0.39 is 11.7 Å². The van der Waals surface area contributed by atoms with Crippen LogP contribution in [-0.4, -0.2) is 26.8 Å². The van der Waals surface area contributed by atoms with Crippen LogP contribution >= 0.6 is 0 Å². The van der Waals surface area contributed by atoms with Gasteiger partial charge in [0.15, 0.2) is 5.82 Å². The summed E-state index contributed by atoms with van der Waals surface area (Å²) in [5, 5.41) is 7.27. The summed E-state index contributed by atoms with van der Waals surface area (Å²) in [6.07, 6.45) is -3.63. The van der Waals surface area contributed by atoms with Gasteiger partial charge in [-0.15, -0.1) is 5.10 Å². The van der Waals surface area contributed by atoms with Gasteiger partial charge in [0, 0.05) is 17.7 Å². The van der Waals surface area contributed by atoms with Gasteiger partial charge in [0.1, 0.15) is 0 Å². The van der Waals surface area contributed by atoms with Gasteiger partial charge in [-0.25, -0.2) is 4.68 Å². The van der Waals surface area contributed by atoms with Gasteiger partial charge >= 0.3 is 12.2 Å². The first-order valence-electron chi connectivity index (χ1n) is 11.4. The molecule has 0 atom stereocenters. The Bertz CT molecular complexity index is 1300. The maximum absolute atomic E-state index is 13.0. The minimum absolute atomic E-state index is 0.106. The molecule has 0 aliphatic rings. The van der Waals surface area contributed by atoms with Crippen LogP contribution in [0.3, 0.4) is 0 Å². The number of hydrogen-bond donors (Lipinski definition) is 1. The van der Waals surface area contributed by atoms with E-state index in [4.69, 9.17) is 4.74 Å². The number of hydrogen-bond acceptors (Lipinski definition) is 4. The fourth-order valence-electron chi connectivity index (χ4n) is 3.54. The van der Waals surface area contributed by atoms with Gasteiger partial charge in [-0.3, -0.25) is 4.79 Å². The third-order valence-corrected chi connectivity index (χ3v) is 5.28. The normalized spacial score (nSPS) is 11.5. The second kappa shape index (κ2) is 10.6. The van der Waals surface area contributed by atoms with Crippen LogP contribution in [0.15, 0.2) is 78.9 Å². The number of benzene rings is 3. The van der Waals surface area contributed by atoms with E-state index in [2.05, 4.69) is 15.4 Å². The highest BCUT2D eigenvalue weighted by atomic mass is 19.4. The van der Waals surface area contributed by atoms with E-state index in [9.17, 15) is 18.0 Å². The number of aryl methyl sites for hydroxylation is 1. The lowest BCUT2D eigenvalue weighted by atomic mass is 10.1. The molecule has 3 aromatic carbocycles. The molecule has 1 heterocycles. The lowest BCUT2D eigenvalue weighted by Crippen LogP contribution is -2.12. The summed E-state index contributed by atoms with van der Waals surface area (Å²) in [7, 11) is 0. The Balaban J connectivity index is 1.53. The number of carbonyl (C=O) groups excluding carboxylic acids is 1. The Morgan fingerprint density at radius 2 is 1.64 bits per heavy atom. The molecule has 0 bridgehead atoms. The average molecular weight is 495 g/mol. The first-order valence-corrected chi connectivity index (χ1v) is 11.4. The fraction of sp³-hybridized carbons (Fsp3) is 0.222. The van der Waals surface area contributed by atoms with Crippen molar-refractivity contribution in [3.8, 4) is 23.1 Å². The van der Waals surface area contributed by atoms with Gasteiger partial charge in [0.05, 0.1) is 17.4 Å². The standard InChI is InChI=1S/C27H25F3N4O2/c1-18(2)36-26-32-25(20-9-11-21(12-10-20)27(28,29)30)34(33-26)23-15-13-22(14-16-23)31-24(35)17-8-19-6-4-3-5-7-19/h3-7,9-16,18H,8,17H2,1-2H3,(H,31,35). The van der Waals surface area contributed by atoms with Crippen molar-refractivity contribution >= 4 is 11.6 Å². The molecule has 0 spiro atoms. The van der Waals surface area contributed by atoms with Crippen molar-refractivity contribution in [3.05, 3.63) is 90.0 Å². The van der Waals surface area contributed by atoms with Crippen LogP contribution in [0.4, 0.5) is 18.9 Å². The molecule has 0 unspecified atom stereocenters. The zero-order chi connectivity index (χ0) is 25.7. The van der Waals surface area contributed by atoms with Gasteiger partial charge in [0.2, 0.25) is 5.91 Å². The van der Waals surface area contributed by atoms with Crippen LogP contribution in [-0.2, 0) is 17.4 Å². The smallest absolute Gasteiger partial charge is 0.416 e. The molecule has 9 heteroatoms. The van der Waals surface area contributed by atoms with Crippen molar-refractivity contribution in [2.45, 2.75) is 39.0 Å². The topological polar surface area (TPSA) is 69.0 Å². The lowest BCUT2D eigenvalue weighted by Gasteiger charge is -2.10. The van der Waals surface area contributed by atoms with Gasteiger partial charge in [-0.05, 0) is 62.2 Å². The number of nitrogens with zero attached hydrogens (tertiary/aromatic N) is 3. The molecule has 1 amide bonds. The van der Waals surface area contributed by atoms with E-state index in [0.717, 1.165) is 17.7 Å². The van der Waals surface area contributed by atoms with Crippen LogP contribution in [0.2, 0.25) is 0 Å². The summed E-state index contributed by atoms with van der Waals surface area (Å²) in [4.78, 5) is 16.7. The number of nitrogens with one attached hydrogen (secondary N) is 1. The van der Waals surface area contributed by atoms with E-state index in [1.54, 1.807) is 24.3 Å². The molecule has 186 valence electrons. The highest BCUT2D eigenvalue weighted by molar-refractivity contribution is 5.90. The highest BCUT2D eigenvalue weighted by Crippen LogP contribution is 2.31. The number of amides is 1. The van der Waals surface area contributed by atoms with Gasteiger partial charge in [0.25, 0.3) is 0 Å². The van der Waals surface area contributed by atoms with Gasteiger partial charge in [-0.2, -0.15) is 18.2 Å². The van der Waals surface area contributed by atoms with E-state index in [0.29, 0.717) is 35.6 Å². The Morgan fingerprint density at radius 1 is 0.972 bits per heavy atom. The van der Waals surface area contributed by atoms with Crippen molar-refractivity contribution in [2.75, 3.05) is 5.32 Å². The second-order valence-electron chi connectivity index (χ2n) is 8.45. The van der Waals surface area contributed by atoms with E-state index in [-0.39, 0.29) is 18.0 Å². The molecule has 0 aliphatic heterocycles. The summed E-state index contributed by atoms with van der Waals surface area (Å²) in [6, 6.07) is 21.5. The van der Waals surface area contributed by atoms with E-state index >= 15 is 0 Å². The summed E-state index contributed by atoms with van der Waals surface area (Å²) >= 11 is 0. The molecular weight excluding hydrogens is 469 g/mol. The number of alkyl halides is 3. The largest absolute Gasteiger partial charge is 0.460 e. The van der Waals surface area contributed by atoms with Crippen molar-refractivity contribution in [1.29, 1.82) is 0 Å². The summed E-state index contributed by atoms with van der Waals surface area (Å²) < 4.78 is 46.1. The summed E-state index contributed by atoms with van der Waals surface area (Å²) in [5.41, 5.74) is 2.02. The molecule has 0 fully saturated rings. The van der Waals surface area contributed by atoms with Crippen molar-refractivity contribution in [3.63, 3.8) is 0 Å². The van der Waals surface area contributed by atoms with Crippen molar-refractivity contribution in [1.82, 2.24) is 14.8 Å². The number of ether oxygens (including phenoxy) is 1. The molecule has 0 saturated heterocycles. The lowest BCUT2D eigenvalue weighted by molar-refractivity contribution is -0.137. The van der Waals surface area contributed by atoms with Gasteiger partial charge in [-0.1, -0.05) is 42.5 Å². The Labute approximate surface area is 206 Å². The van der Waals surface area contributed by atoms with Crippen LogP contribution in [0.1, 0.15) is 31.4 Å². The first kappa shape index (κ1) is 25.0. The SMILES string of the molecule is CC(C)Oc1nc(-c2ccc(C(F)(F)F)cc2)n(-c2ccc(NC(=O)CCc3ccccc3)cc2)n1. The molecular formula is C27H25F3N4O2. The first-order chi connectivity index (χ1) is 17.2. The third kappa shape index (κ3) is 6.29. The predicted molar refractivity (Wildman–Crippen MR) is 131 cm³/mol. The zero-order valence-corrected chi connectivity index (χ0v) is 19.8. The van der Waals surface area contributed by atoms with Crippen LogP contribution < -0.4 is 10.1 Å². The molecule has 0 aliphatic carbocycles. The molecule has 1 aromatic heterocycles. The van der Waals surface area contributed by atoms with Crippen molar-refractivity contribution in [2.24, 2.45) is 0 Å². The Morgan fingerprint density at radius 3 is 2.25 bits per heavy atom. The van der Waals surface area contributed by atoms with Crippen LogP contribution in [0.5, 0.6) is 6.01 Å². The molecule has 4 aromatic rings. The predicted octanol–water partition coefficient (Wildman–Crippen LogP) is 6.31. The summed E-state index contributed by atoms with van der Waals surface area (Å²) in [6.45, 7) is 3.65. The quantitative estimate of drug-likeness (QED) is 0.312. The van der Waals surface area contributed by atoms with Gasteiger partial charge < -0.3 is 10.1 Å². The summed E-state index contributed by atoms with van der Waals surface area (Å²) in [5.74, 6) is 0.226. The minimum Gasteiger partial charge on any atom is -0.460 e. The maximum atomic E-state index is 13.0. The second-order valence-corrected chi connectivity index (χ2v) is 8.45. The molecule has 1 N–H and O–H groups in total. The number of anilines is 1. The van der Waals surface area contributed by atoms with Crippen LogP contribution in [0, 0.1) is 0 Å². The highest BCUT2D eigenvalue weighted by Gasteiger charge is 2.30. The Kier molecular flexibility index (Phi) is 7.38. The minimum atomic E-state index is -4.43. The molecule has 6 nitrogen and oxygen atoms in total.